The van der Waals surface area contributed by atoms with Gasteiger partial charge in [-0.3, -0.25) is 0 Å². The molecular formula is C6H9N3O. The molecule has 1 rings (SSSR count). The zero-order chi connectivity index (χ0) is 7.40. The molecule has 0 aliphatic rings. The number of aromatic nitrogens is 2. The number of ether oxygens (including phenoxy) is 1. The van der Waals surface area contributed by atoms with Crippen molar-refractivity contribution in [1.82, 2.24) is 10.2 Å². The van der Waals surface area contributed by atoms with Gasteiger partial charge >= 0.3 is 0 Å². The first-order chi connectivity index (χ1) is 4.83. The third-order valence-electron chi connectivity index (χ3n) is 0.959. The molecule has 4 nitrogen and oxygen atoms in total. The summed E-state index contributed by atoms with van der Waals surface area (Å²) >= 11 is 0. The average Bonchev–Trinajstić information content (AvgIpc) is 1.88. The van der Waals surface area contributed by atoms with Gasteiger partial charge in [0.1, 0.15) is 11.6 Å². The van der Waals surface area contributed by atoms with Crippen LogP contribution in [0, 0.1) is 0 Å². The second-order valence-corrected chi connectivity index (χ2v) is 1.75. The minimum atomic E-state index is 0.381. The molecule has 2 N–H and O–H groups in total. The summed E-state index contributed by atoms with van der Waals surface area (Å²) < 4.78 is 5.10. The fourth-order valence-electron chi connectivity index (χ4n) is 0.610. The zero-order valence-corrected chi connectivity index (χ0v) is 5.74. The normalized spacial score (nSPS) is 9.30. The van der Waals surface area contributed by atoms with Gasteiger partial charge in [0.2, 0.25) is 0 Å². The van der Waals surface area contributed by atoms with Crippen molar-refractivity contribution >= 4 is 5.82 Å². The summed E-state index contributed by atoms with van der Waals surface area (Å²) in [6.45, 7) is 2.52. The SMILES string of the molecule is CCOc1cnnc(N)c1. The molecule has 0 aromatic carbocycles. The predicted octanol–water partition coefficient (Wildman–Crippen LogP) is 0.458. The Hall–Kier alpha value is -1.32. The van der Waals surface area contributed by atoms with Gasteiger partial charge in [0.05, 0.1) is 12.8 Å². The Labute approximate surface area is 59.0 Å². The first kappa shape index (κ1) is 6.80. The molecule has 0 saturated carbocycles. The summed E-state index contributed by atoms with van der Waals surface area (Å²) in [5.74, 6) is 1.04. The molecule has 0 fully saturated rings. The Morgan fingerprint density at radius 1 is 1.70 bits per heavy atom. The Bertz CT molecular complexity index is 214. The van der Waals surface area contributed by atoms with Crippen molar-refractivity contribution in [3.8, 4) is 5.75 Å². The van der Waals surface area contributed by atoms with Crippen LogP contribution in [0.3, 0.4) is 0 Å². The highest BCUT2D eigenvalue weighted by Gasteiger charge is 1.92. The largest absolute Gasteiger partial charge is 0.492 e. The molecule has 0 bridgehead atoms. The summed E-state index contributed by atoms with van der Waals surface area (Å²) in [5, 5.41) is 7.17. The fourth-order valence-corrected chi connectivity index (χ4v) is 0.610. The molecular weight excluding hydrogens is 130 g/mol. The molecule has 0 saturated heterocycles. The van der Waals surface area contributed by atoms with E-state index in [4.69, 9.17) is 10.5 Å². The van der Waals surface area contributed by atoms with Crippen LogP contribution in [-0.2, 0) is 0 Å². The predicted molar refractivity (Wildman–Crippen MR) is 37.6 cm³/mol. The summed E-state index contributed by atoms with van der Waals surface area (Å²) in [4.78, 5) is 0. The van der Waals surface area contributed by atoms with E-state index in [1.807, 2.05) is 6.92 Å². The van der Waals surface area contributed by atoms with Crippen molar-refractivity contribution in [1.29, 1.82) is 0 Å². The lowest BCUT2D eigenvalue weighted by Gasteiger charge is -2.00. The van der Waals surface area contributed by atoms with E-state index in [2.05, 4.69) is 10.2 Å². The number of hydrogen-bond donors (Lipinski definition) is 1. The highest BCUT2D eigenvalue weighted by atomic mass is 16.5. The van der Waals surface area contributed by atoms with Crippen LogP contribution in [0.2, 0.25) is 0 Å². The standard InChI is InChI=1S/C6H9N3O/c1-2-10-5-3-6(7)9-8-4-5/h3-4H,2H2,1H3,(H2,7,9). The lowest BCUT2D eigenvalue weighted by molar-refractivity contribution is 0.338. The van der Waals surface area contributed by atoms with Crippen LogP contribution in [0.25, 0.3) is 0 Å². The number of nitrogens with zero attached hydrogens (tertiary/aromatic N) is 2. The van der Waals surface area contributed by atoms with Gasteiger partial charge in [-0.1, -0.05) is 0 Å². The van der Waals surface area contributed by atoms with Crippen molar-refractivity contribution in [2.45, 2.75) is 6.92 Å². The van der Waals surface area contributed by atoms with E-state index in [1.54, 1.807) is 6.07 Å². The quantitative estimate of drug-likeness (QED) is 0.646. The number of nitrogen functional groups attached to an aromatic ring is 1. The smallest absolute Gasteiger partial charge is 0.149 e. The Morgan fingerprint density at radius 2 is 2.50 bits per heavy atom. The van der Waals surface area contributed by atoms with Crippen LogP contribution in [0.5, 0.6) is 5.75 Å². The van der Waals surface area contributed by atoms with Crippen molar-refractivity contribution < 1.29 is 4.74 Å². The number of rotatable bonds is 2. The van der Waals surface area contributed by atoms with Crippen molar-refractivity contribution in [3.63, 3.8) is 0 Å². The number of hydrogen-bond acceptors (Lipinski definition) is 4. The molecule has 0 unspecified atom stereocenters. The van der Waals surface area contributed by atoms with Crippen LogP contribution in [-0.4, -0.2) is 16.8 Å². The van der Waals surface area contributed by atoms with E-state index in [0.717, 1.165) is 0 Å². The Kier molecular flexibility index (Phi) is 2.04. The molecule has 0 aliphatic heterocycles. The Morgan fingerprint density at radius 3 is 3.10 bits per heavy atom. The van der Waals surface area contributed by atoms with Gasteiger partial charge in [-0.15, -0.1) is 5.10 Å². The second-order valence-electron chi connectivity index (χ2n) is 1.75. The third kappa shape index (κ3) is 1.58. The molecule has 54 valence electrons. The first-order valence-electron chi connectivity index (χ1n) is 3.04. The monoisotopic (exact) mass is 139 g/mol. The summed E-state index contributed by atoms with van der Waals surface area (Å²) in [6, 6.07) is 1.64. The first-order valence-corrected chi connectivity index (χ1v) is 3.04. The van der Waals surface area contributed by atoms with Gasteiger partial charge < -0.3 is 10.5 Å². The molecule has 1 aromatic rings. The van der Waals surface area contributed by atoms with Gasteiger partial charge in [-0.2, -0.15) is 5.10 Å². The molecule has 0 atom stereocenters. The molecule has 0 spiro atoms. The van der Waals surface area contributed by atoms with Crippen LogP contribution >= 0.6 is 0 Å². The van der Waals surface area contributed by atoms with E-state index in [9.17, 15) is 0 Å². The third-order valence-corrected chi connectivity index (χ3v) is 0.959. The molecule has 1 heterocycles. The van der Waals surface area contributed by atoms with E-state index in [-0.39, 0.29) is 0 Å². The summed E-state index contributed by atoms with van der Waals surface area (Å²) in [5.41, 5.74) is 5.34. The zero-order valence-electron chi connectivity index (χ0n) is 5.74. The Balaban J connectivity index is 2.75. The summed E-state index contributed by atoms with van der Waals surface area (Å²) in [7, 11) is 0. The van der Waals surface area contributed by atoms with Crippen LogP contribution in [0.4, 0.5) is 5.82 Å². The van der Waals surface area contributed by atoms with Crippen LogP contribution < -0.4 is 10.5 Å². The fraction of sp³-hybridized carbons (Fsp3) is 0.333. The van der Waals surface area contributed by atoms with E-state index < -0.39 is 0 Å². The molecule has 10 heavy (non-hydrogen) atoms. The van der Waals surface area contributed by atoms with E-state index in [0.29, 0.717) is 18.2 Å². The van der Waals surface area contributed by atoms with Gasteiger partial charge in [0.25, 0.3) is 0 Å². The highest BCUT2D eigenvalue weighted by molar-refractivity contribution is 5.32. The highest BCUT2D eigenvalue weighted by Crippen LogP contribution is 2.08. The average molecular weight is 139 g/mol. The van der Waals surface area contributed by atoms with E-state index in [1.165, 1.54) is 6.20 Å². The van der Waals surface area contributed by atoms with Gasteiger partial charge in [0, 0.05) is 6.07 Å². The number of anilines is 1. The molecule has 0 aliphatic carbocycles. The van der Waals surface area contributed by atoms with Crippen molar-refractivity contribution in [3.05, 3.63) is 12.3 Å². The molecule has 0 radical (unpaired) electrons. The van der Waals surface area contributed by atoms with Crippen LogP contribution in [0.1, 0.15) is 6.92 Å². The van der Waals surface area contributed by atoms with Gasteiger partial charge in [-0.05, 0) is 6.92 Å². The topological polar surface area (TPSA) is 61.0 Å². The minimum Gasteiger partial charge on any atom is -0.492 e. The maximum absolute atomic E-state index is 5.34. The molecule has 4 heteroatoms. The van der Waals surface area contributed by atoms with Gasteiger partial charge in [-0.25, -0.2) is 0 Å². The lowest BCUT2D eigenvalue weighted by atomic mass is 10.5. The van der Waals surface area contributed by atoms with E-state index >= 15 is 0 Å². The summed E-state index contributed by atoms with van der Waals surface area (Å²) in [6.07, 6.45) is 1.53. The maximum Gasteiger partial charge on any atom is 0.149 e. The van der Waals surface area contributed by atoms with Crippen molar-refractivity contribution in [2.24, 2.45) is 0 Å². The second kappa shape index (κ2) is 3.00. The number of nitrogens with two attached hydrogens (primary N) is 1. The minimum absolute atomic E-state index is 0.381. The maximum atomic E-state index is 5.34. The lowest BCUT2D eigenvalue weighted by Crippen LogP contribution is -1.96. The van der Waals surface area contributed by atoms with Crippen molar-refractivity contribution in [2.75, 3.05) is 12.3 Å². The van der Waals surface area contributed by atoms with Gasteiger partial charge in [0.15, 0.2) is 0 Å². The molecule has 1 aromatic heterocycles. The molecule has 0 amide bonds. The van der Waals surface area contributed by atoms with Crippen LogP contribution in [0.15, 0.2) is 12.3 Å².